The average Bonchev–Trinajstić information content (AvgIpc) is 2.85. The molecule has 0 heterocycles. The van der Waals surface area contributed by atoms with Crippen LogP contribution in [0, 0.1) is 5.41 Å². The lowest BCUT2D eigenvalue weighted by molar-refractivity contribution is -0.460. The van der Waals surface area contributed by atoms with Crippen molar-refractivity contribution >= 4 is 23.1 Å². The summed E-state index contributed by atoms with van der Waals surface area (Å²) in [6.07, 6.45) is -25.1. The molecule has 0 N–H and O–H groups in total. The molecule has 0 saturated heterocycles. The molecule has 40 heavy (non-hydrogen) atoms. The van der Waals surface area contributed by atoms with Crippen LogP contribution in [0.3, 0.4) is 0 Å². The zero-order valence-corrected chi connectivity index (χ0v) is 20.5. The van der Waals surface area contributed by atoms with Crippen LogP contribution >= 0.6 is 7.14 Å². The van der Waals surface area contributed by atoms with Crippen molar-refractivity contribution in [2.75, 3.05) is 0 Å². The van der Waals surface area contributed by atoms with Gasteiger partial charge in [0.1, 0.15) is 0 Å². The van der Waals surface area contributed by atoms with E-state index in [1.165, 1.54) is 48.5 Å². The van der Waals surface area contributed by atoms with Crippen molar-refractivity contribution in [1.29, 1.82) is 0 Å². The van der Waals surface area contributed by atoms with Gasteiger partial charge in [-0.05, 0) is 5.56 Å². The normalized spacial score (nSPS) is 14.3. The van der Waals surface area contributed by atoms with Crippen LogP contribution in [0.1, 0.15) is 5.56 Å². The van der Waals surface area contributed by atoms with Crippen LogP contribution in [0.5, 0.6) is 0 Å². The molecule has 1 nitrogen and oxygen atoms in total. The predicted octanol–water partition coefficient (Wildman–Crippen LogP) is 7.81. The molecule has 0 unspecified atom stereocenters. The molecule has 0 bridgehead atoms. The first-order chi connectivity index (χ1) is 18.1. The number of hydrogen-bond donors (Lipinski definition) is 0. The lowest BCUT2D eigenvalue weighted by atomic mass is 9.71. The van der Waals surface area contributed by atoms with Crippen molar-refractivity contribution in [3.63, 3.8) is 0 Å². The number of alkyl halides is 13. The van der Waals surface area contributed by atoms with Gasteiger partial charge in [-0.2, -0.15) is 57.1 Å². The van der Waals surface area contributed by atoms with Gasteiger partial charge in [0.2, 0.25) is 5.41 Å². The summed E-state index contributed by atoms with van der Waals surface area (Å²) in [7, 11) is -3.86. The first-order valence-electron chi connectivity index (χ1n) is 10.9. The van der Waals surface area contributed by atoms with Gasteiger partial charge in [-0.25, -0.2) is 0 Å². The van der Waals surface area contributed by atoms with E-state index in [0.717, 1.165) is 12.1 Å². The second kappa shape index (κ2) is 10.1. The minimum atomic E-state index is -7.73. The molecule has 0 aromatic heterocycles. The van der Waals surface area contributed by atoms with E-state index in [2.05, 4.69) is 0 Å². The fourth-order valence-electron chi connectivity index (χ4n) is 4.13. The second-order valence-corrected chi connectivity index (χ2v) is 11.4. The first kappa shape index (κ1) is 31.5. The Morgan fingerprint density at radius 3 is 1.12 bits per heavy atom. The average molecular weight is 610 g/mol. The van der Waals surface area contributed by atoms with Gasteiger partial charge in [0, 0.05) is 22.3 Å². The summed E-state index contributed by atoms with van der Waals surface area (Å²) in [5.41, 5.74) is -8.17. The zero-order valence-electron chi connectivity index (χ0n) is 19.6. The largest absolute Gasteiger partial charge is 0.459 e. The fraction of sp³-hybridized carbons (Fsp3) is 0.280. The molecular formula is C25H16F13OP. The van der Waals surface area contributed by atoms with Crippen molar-refractivity contribution in [3.8, 4) is 0 Å². The highest BCUT2D eigenvalue weighted by atomic mass is 31.2. The first-order valence-corrected chi connectivity index (χ1v) is 12.6. The Kier molecular flexibility index (Phi) is 7.97. The maximum absolute atomic E-state index is 14.5. The third-order valence-electron chi connectivity index (χ3n) is 6.26. The Morgan fingerprint density at radius 1 is 0.450 bits per heavy atom. The highest BCUT2D eigenvalue weighted by Gasteiger charge is 2.91. The van der Waals surface area contributed by atoms with E-state index in [4.69, 9.17) is 0 Å². The van der Waals surface area contributed by atoms with Crippen molar-refractivity contribution in [2.45, 2.75) is 36.8 Å². The third-order valence-corrected chi connectivity index (χ3v) is 9.34. The van der Waals surface area contributed by atoms with Crippen LogP contribution in [0.15, 0.2) is 84.9 Å². The van der Waals surface area contributed by atoms with Gasteiger partial charge in [-0.1, -0.05) is 84.9 Å². The zero-order chi connectivity index (χ0) is 30.4. The van der Waals surface area contributed by atoms with Gasteiger partial charge in [0.15, 0.2) is 7.14 Å². The summed E-state index contributed by atoms with van der Waals surface area (Å²) < 4.78 is 191. The maximum atomic E-state index is 14.5. The lowest BCUT2D eigenvalue weighted by Crippen LogP contribution is -2.71. The summed E-state index contributed by atoms with van der Waals surface area (Å²) in [4.78, 5) is 0. The Hall–Kier alpha value is -3.02. The Labute approximate surface area is 218 Å². The number of halogens is 13. The molecule has 3 aromatic rings. The summed E-state index contributed by atoms with van der Waals surface area (Å²) in [6.45, 7) is 0. The van der Waals surface area contributed by atoms with E-state index >= 15 is 0 Å². The highest BCUT2D eigenvalue weighted by molar-refractivity contribution is 7.85. The molecule has 218 valence electrons. The smallest absolute Gasteiger partial charge is 0.309 e. The van der Waals surface area contributed by atoms with Gasteiger partial charge in [-0.15, -0.1) is 0 Å². The maximum Gasteiger partial charge on any atom is 0.459 e. The molecule has 15 heteroatoms. The van der Waals surface area contributed by atoms with Crippen LogP contribution in [0.2, 0.25) is 0 Å². The topological polar surface area (TPSA) is 17.1 Å². The standard InChI is InChI=1S/C25H16F13OP/c26-21(27,22(28,29)25(36,37)38)20(23(30,31)32,24(33,34)35)15-16-11-13-19(14-12-16)40(39,17-7-3-1-4-8-17)18-9-5-2-6-10-18/h1-14H,15H2. The summed E-state index contributed by atoms with van der Waals surface area (Å²) in [5.74, 6) is -15.4. The fourth-order valence-corrected chi connectivity index (χ4v) is 6.77. The predicted molar refractivity (Wildman–Crippen MR) is 120 cm³/mol. The Balaban J connectivity index is 2.22. The highest BCUT2D eigenvalue weighted by Crippen LogP contribution is 2.66. The Morgan fingerprint density at radius 2 is 0.800 bits per heavy atom. The van der Waals surface area contributed by atoms with E-state index in [1.807, 2.05) is 0 Å². The quantitative estimate of drug-likeness (QED) is 0.197. The SMILES string of the molecule is O=P(c1ccccc1)(c1ccccc1)c1ccc(CC(C(F)(F)F)(C(F)(F)F)C(F)(F)C(F)(F)C(F)(F)F)cc1. The van der Waals surface area contributed by atoms with Crippen LogP contribution in [0.25, 0.3) is 0 Å². The van der Waals surface area contributed by atoms with Gasteiger partial charge >= 0.3 is 30.4 Å². The summed E-state index contributed by atoms with van der Waals surface area (Å²) in [5, 5.41) is 0.154. The monoisotopic (exact) mass is 610 g/mol. The lowest BCUT2D eigenvalue weighted by Gasteiger charge is -2.45. The van der Waals surface area contributed by atoms with Crippen LogP contribution in [-0.2, 0) is 11.0 Å². The number of rotatable bonds is 7. The number of benzene rings is 3. The van der Waals surface area contributed by atoms with Gasteiger partial charge in [-0.3, -0.25) is 0 Å². The van der Waals surface area contributed by atoms with Gasteiger partial charge < -0.3 is 4.57 Å². The van der Waals surface area contributed by atoms with E-state index < -0.39 is 54.9 Å². The Bertz CT molecular complexity index is 1290. The molecule has 0 amide bonds. The molecule has 0 radical (unpaired) electrons. The molecule has 0 aliphatic carbocycles. The second-order valence-electron chi connectivity index (χ2n) is 8.67. The minimum absolute atomic E-state index is 0.172. The molecule has 3 rings (SSSR count). The van der Waals surface area contributed by atoms with Crippen LogP contribution in [-0.4, -0.2) is 30.4 Å². The van der Waals surface area contributed by atoms with E-state index in [-0.39, 0.29) is 15.9 Å². The molecule has 0 aliphatic heterocycles. The minimum Gasteiger partial charge on any atom is -0.309 e. The van der Waals surface area contributed by atoms with Crippen LogP contribution < -0.4 is 15.9 Å². The molecular weight excluding hydrogens is 594 g/mol. The van der Waals surface area contributed by atoms with E-state index in [0.29, 0.717) is 12.1 Å². The van der Waals surface area contributed by atoms with Crippen molar-refractivity contribution in [3.05, 3.63) is 90.5 Å². The van der Waals surface area contributed by atoms with E-state index in [9.17, 15) is 61.6 Å². The molecule has 0 aliphatic rings. The molecule has 0 atom stereocenters. The molecule has 0 spiro atoms. The molecule has 3 aromatic carbocycles. The van der Waals surface area contributed by atoms with Crippen LogP contribution in [0.4, 0.5) is 57.1 Å². The summed E-state index contributed by atoms with van der Waals surface area (Å²) >= 11 is 0. The van der Waals surface area contributed by atoms with Gasteiger partial charge in [0.05, 0.1) is 0 Å². The third kappa shape index (κ3) is 4.88. The van der Waals surface area contributed by atoms with Crippen molar-refractivity contribution in [2.24, 2.45) is 5.41 Å². The summed E-state index contributed by atoms with van der Waals surface area (Å²) in [6, 6.07) is 17.0. The molecule has 0 saturated carbocycles. The van der Waals surface area contributed by atoms with Crippen molar-refractivity contribution in [1.82, 2.24) is 0 Å². The molecule has 0 fully saturated rings. The van der Waals surface area contributed by atoms with Gasteiger partial charge in [0.25, 0.3) is 0 Å². The van der Waals surface area contributed by atoms with E-state index in [1.54, 1.807) is 12.1 Å². The number of hydrogen-bond acceptors (Lipinski definition) is 1. The van der Waals surface area contributed by atoms with Crippen molar-refractivity contribution < 1.29 is 61.6 Å².